The molecule has 1 N–H and O–H groups in total. The van der Waals surface area contributed by atoms with E-state index in [1.807, 2.05) is 19.9 Å². The van der Waals surface area contributed by atoms with Crippen LogP contribution in [-0.4, -0.2) is 51.2 Å². The van der Waals surface area contributed by atoms with Crippen molar-refractivity contribution in [3.05, 3.63) is 65.6 Å². The topological polar surface area (TPSA) is 89.4 Å². The van der Waals surface area contributed by atoms with Crippen LogP contribution in [0.4, 0.5) is 5.69 Å². The summed E-state index contributed by atoms with van der Waals surface area (Å²) in [7, 11) is 1.59. The van der Waals surface area contributed by atoms with Crippen molar-refractivity contribution in [2.75, 3.05) is 19.0 Å². The second kappa shape index (κ2) is 8.59. The van der Waals surface area contributed by atoms with Gasteiger partial charge in [0, 0.05) is 24.1 Å². The Bertz CT molecular complexity index is 1090. The van der Waals surface area contributed by atoms with E-state index < -0.39 is 6.04 Å². The maximum Gasteiger partial charge on any atom is 0.256 e. The Kier molecular flexibility index (Phi) is 5.70. The Hall–Kier alpha value is -3.68. The van der Waals surface area contributed by atoms with Crippen molar-refractivity contribution in [1.82, 2.24) is 19.7 Å². The number of hydrogen-bond acceptors (Lipinski definition) is 5. The molecular formula is C23H25N5O3. The fourth-order valence-electron chi connectivity index (χ4n) is 3.85. The van der Waals surface area contributed by atoms with E-state index in [2.05, 4.69) is 15.4 Å². The Morgan fingerprint density at radius 1 is 1.13 bits per heavy atom. The molecule has 0 bridgehead atoms. The molecule has 3 aromatic rings. The van der Waals surface area contributed by atoms with Gasteiger partial charge in [0.15, 0.2) is 5.82 Å². The van der Waals surface area contributed by atoms with Crippen LogP contribution in [0, 0.1) is 13.8 Å². The van der Waals surface area contributed by atoms with E-state index in [1.54, 1.807) is 59.3 Å². The van der Waals surface area contributed by atoms with Gasteiger partial charge in [-0.25, -0.2) is 9.67 Å². The molecule has 1 aliphatic rings. The first-order chi connectivity index (χ1) is 15.0. The summed E-state index contributed by atoms with van der Waals surface area (Å²) in [6.45, 7) is 4.42. The standard InChI is InChI=1S/C23H25N5O3/c1-15-13-16(2)28(26-15)21-11-6-17(14-24-21)23(30)27-12-4-5-20(27)22(29)25-18-7-9-19(31-3)10-8-18/h6-11,13-14,20H,4-5,12H2,1-3H3,(H,25,29). The average molecular weight is 419 g/mol. The van der Waals surface area contributed by atoms with Gasteiger partial charge in [-0.1, -0.05) is 0 Å². The van der Waals surface area contributed by atoms with Gasteiger partial charge in [-0.3, -0.25) is 9.59 Å². The smallest absolute Gasteiger partial charge is 0.256 e. The molecule has 160 valence electrons. The molecule has 3 heterocycles. The van der Waals surface area contributed by atoms with E-state index >= 15 is 0 Å². The van der Waals surface area contributed by atoms with E-state index in [-0.39, 0.29) is 11.8 Å². The van der Waals surface area contributed by atoms with Gasteiger partial charge in [0.25, 0.3) is 5.91 Å². The van der Waals surface area contributed by atoms with Crippen LogP contribution in [0.15, 0.2) is 48.7 Å². The van der Waals surface area contributed by atoms with Gasteiger partial charge < -0.3 is 15.0 Å². The van der Waals surface area contributed by atoms with Crippen LogP contribution >= 0.6 is 0 Å². The Balaban J connectivity index is 1.46. The number of likely N-dealkylation sites (tertiary alicyclic amines) is 1. The number of hydrogen-bond donors (Lipinski definition) is 1. The third-order valence-corrected chi connectivity index (χ3v) is 5.40. The highest BCUT2D eigenvalue weighted by atomic mass is 16.5. The maximum atomic E-state index is 13.1. The van der Waals surface area contributed by atoms with Crippen molar-refractivity contribution in [2.24, 2.45) is 0 Å². The SMILES string of the molecule is COc1ccc(NC(=O)C2CCCN2C(=O)c2ccc(-n3nc(C)cc3C)nc2)cc1. The number of pyridine rings is 1. The highest BCUT2D eigenvalue weighted by Crippen LogP contribution is 2.23. The number of carbonyl (C=O) groups is 2. The van der Waals surface area contributed by atoms with E-state index in [9.17, 15) is 9.59 Å². The van der Waals surface area contributed by atoms with Crippen molar-refractivity contribution in [3.63, 3.8) is 0 Å². The van der Waals surface area contributed by atoms with Crippen molar-refractivity contribution in [1.29, 1.82) is 0 Å². The summed E-state index contributed by atoms with van der Waals surface area (Å²) >= 11 is 0. The molecule has 4 rings (SSSR count). The van der Waals surface area contributed by atoms with Gasteiger partial charge in [0.05, 0.1) is 18.4 Å². The second-order valence-corrected chi connectivity index (χ2v) is 7.62. The zero-order valence-corrected chi connectivity index (χ0v) is 17.8. The minimum absolute atomic E-state index is 0.191. The van der Waals surface area contributed by atoms with Gasteiger partial charge in [0.2, 0.25) is 5.91 Å². The van der Waals surface area contributed by atoms with E-state index in [0.29, 0.717) is 35.8 Å². The van der Waals surface area contributed by atoms with Gasteiger partial charge in [0.1, 0.15) is 11.8 Å². The molecule has 31 heavy (non-hydrogen) atoms. The number of nitrogens with one attached hydrogen (secondary N) is 1. The molecule has 1 aliphatic heterocycles. The number of anilines is 1. The number of carbonyl (C=O) groups excluding carboxylic acids is 2. The summed E-state index contributed by atoms with van der Waals surface area (Å²) in [6.07, 6.45) is 2.96. The molecule has 0 aliphatic carbocycles. The summed E-state index contributed by atoms with van der Waals surface area (Å²) in [5, 5.41) is 7.31. The highest BCUT2D eigenvalue weighted by molar-refractivity contribution is 6.01. The molecule has 0 spiro atoms. The zero-order chi connectivity index (χ0) is 22.0. The average Bonchev–Trinajstić information content (AvgIpc) is 3.40. The summed E-state index contributed by atoms with van der Waals surface area (Å²) < 4.78 is 6.88. The monoisotopic (exact) mass is 419 g/mol. The van der Waals surface area contributed by atoms with E-state index in [4.69, 9.17) is 4.74 Å². The van der Waals surface area contributed by atoms with Crippen molar-refractivity contribution in [2.45, 2.75) is 32.7 Å². The van der Waals surface area contributed by atoms with Crippen LogP contribution in [0.2, 0.25) is 0 Å². The van der Waals surface area contributed by atoms with Crippen LogP contribution in [-0.2, 0) is 4.79 Å². The number of methoxy groups -OCH3 is 1. The largest absolute Gasteiger partial charge is 0.497 e. The lowest BCUT2D eigenvalue weighted by Gasteiger charge is -2.24. The molecule has 1 saturated heterocycles. The number of nitrogens with zero attached hydrogens (tertiary/aromatic N) is 4. The third kappa shape index (κ3) is 4.28. The fraction of sp³-hybridized carbons (Fsp3) is 0.304. The second-order valence-electron chi connectivity index (χ2n) is 7.62. The summed E-state index contributed by atoms with van der Waals surface area (Å²) in [5.74, 6) is 0.979. The van der Waals surface area contributed by atoms with E-state index in [1.165, 1.54) is 0 Å². The number of aromatic nitrogens is 3. The Morgan fingerprint density at radius 2 is 1.90 bits per heavy atom. The Morgan fingerprint density at radius 3 is 2.52 bits per heavy atom. The first kappa shape index (κ1) is 20.6. The number of aryl methyl sites for hydroxylation is 2. The molecule has 2 aromatic heterocycles. The zero-order valence-electron chi connectivity index (χ0n) is 17.8. The quantitative estimate of drug-likeness (QED) is 0.686. The molecular weight excluding hydrogens is 394 g/mol. The van der Waals surface area contributed by atoms with Crippen molar-refractivity contribution < 1.29 is 14.3 Å². The molecule has 0 radical (unpaired) electrons. The van der Waals surface area contributed by atoms with Crippen molar-refractivity contribution >= 4 is 17.5 Å². The summed E-state index contributed by atoms with van der Waals surface area (Å²) in [6, 6.07) is 12.1. The predicted molar refractivity (Wildman–Crippen MR) is 117 cm³/mol. The number of benzene rings is 1. The summed E-state index contributed by atoms with van der Waals surface area (Å²) in [4.78, 5) is 31.9. The molecule has 1 aromatic carbocycles. The van der Waals surface area contributed by atoms with Crippen LogP contribution in [0.5, 0.6) is 5.75 Å². The van der Waals surface area contributed by atoms with Crippen LogP contribution in [0.25, 0.3) is 5.82 Å². The molecule has 8 nitrogen and oxygen atoms in total. The van der Waals surface area contributed by atoms with E-state index in [0.717, 1.165) is 17.8 Å². The normalized spacial score (nSPS) is 15.7. The van der Waals surface area contributed by atoms with Crippen LogP contribution in [0.1, 0.15) is 34.6 Å². The first-order valence-electron chi connectivity index (χ1n) is 10.2. The molecule has 2 amide bonds. The molecule has 1 atom stereocenters. The number of ether oxygens (including phenoxy) is 1. The predicted octanol–water partition coefficient (Wildman–Crippen LogP) is 3.14. The minimum atomic E-state index is -0.509. The van der Waals surface area contributed by atoms with Gasteiger partial charge in [-0.2, -0.15) is 5.10 Å². The number of rotatable bonds is 5. The van der Waals surface area contributed by atoms with Gasteiger partial charge >= 0.3 is 0 Å². The van der Waals surface area contributed by atoms with Crippen LogP contribution < -0.4 is 10.1 Å². The molecule has 0 saturated carbocycles. The van der Waals surface area contributed by atoms with Gasteiger partial charge in [-0.05, 0) is 69.2 Å². The number of amides is 2. The molecule has 1 unspecified atom stereocenters. The highest BCUT2D eigenvalue weighted by Gasteiger charge is 2.34. The first-order valence-corrected chi connectivity index (χ1v) is 10.2. The lowest BCUT2D eigenvalue weighted by atomic mass is 10.1. The van der Waals surface area contributed by atoms with Crippen LogP contribution in [0.3, 0.4) is 0 Å². The molecule has 1 fully saturated rings. The Labute approximate surface area is 180 Å². The minimum Gasteiger partial charge on any atom is -0.497 e. The third-order valence-electron chi connectivity index (χ3n) is 5.40. The fourth-order valence-corrected chi connectivity index (χ4v) is 3.85. The summed E-state index contributed by atoms with van der Waals surface area (Å²) in [5.41, 5.74) is 3.00. The maximum absolute atomic E-state index is 13.1. The van der Waals surface area contributed by atoms with Crippen molar-refractivity contribution in [3.8, 4) is 11.6 Å². The molecule has 8 heteroatoms. The lowest BCUT2D eigenvalue weighted by molar-refractivity contribution is -0.119. The van der Waals surface area contributed by atoms with Gasteiger partial charge in [-0.15, -0.1) is 0 Å². The lowest BCUT2D eigenvalue weighted by Crippen LogP contribution is -2.43.